The van der Waals surface area contributed by atoms with E-state index in [9.17, 15) is 9.59 Å². The number of aromatic amines is 1. The van der Waals surface area contributed by atoms with Gasteiger partial charge < -0.3 is 10.3 Å². The second-order valence-corrected chi connectivity index (χ2v) is 3.76. The summed E-state index contributed by atoms with van der Waals surface area (Å²) in [5.41, 5.74) is 0.925. The average molecular weight is 247 g/mol. The average Bonchev–Trinajstić information content (AvgIpc) is 2.85. The number of aryl methyl sites for hydroxylation is 1. The first-order valence-corrected chi connectivity index (χ1v) is 5.46. The molecule has 0 fully saturated rings. The Morgan fingerprint density at radius 1 is 1.50 bits per heavy atom. The van der Waals surface area contributed by atoms with Gasteiger partial charge in [-0.25, -0.2) is 9.67 Å². The van der Waals surface area contributed by atoms with Crippen molar-refractivity contribution in [1.29, 1.82) is 0 Å². The quantitative estimate of drug-likeness (QED) is 0.760. The summed E-state index contributed by atoms with van der Waals surface area (Å²) < 4.78 is 1.13. The summed E-state index contributed by atoms with van der Waals surface area (Å²) in [6.45, 7) is 0.478. The first-order chi connectivity index (χ1) is 8.66. The Labute approximate surface area is 103 Å². The molecule has 0 bridgehead atoms. The fourth-order valence-electron chi connectivity index (χ4n) is 1.45. The molecule has 0 unspecified atom stereocenters. The summed E-state index contributed by atoms with van der Waals surface area (Å²) in [7, 11) is 1.50. The number of imidazole rings is 1. The first kappa shape index (κ1) is 12.0. The molecule has 2 heterocycles. The maximum Gasteiger partial charge on any atom is 0.271 e. The van der Waals surface area contributed by atoms with Gasteiger partial charge in [0.1, 0.15) is 5.69 Å². The van der Waals surface area contributed by atoms with Crippen molar-refractivity contribution in [2.75, 3.05) is 6.54 Å². The number of hydrogen-bond donors (Lipinski definition) is 2. The van der Waals surface area contributed by atoms with Gasteiger partial charge in [-0.15, -0.1) is 0 Å². The highest BCUT2D eigenvalue weighted by atomic mass is 16.2. The van der Waals surface area contributed by atoms with Crippen LogP contribution in [0, 0.1) is 0 Å². The molecule has 0 saturated carbocycles. The van der Waals surface area contributed by atoms with Crippen molar-refractivity contribution in [3.8, 4) is 0 Å². The lowest BCUT2D eigenvalue weighted by atomic mass is 10.3. The zero-order valence-electron chi connectivity index (χ0n) is 9.88. The first-order valence-electron chi connectivity index (χ1n) is 5.46. The third-order valence-corrected chi connectivity index (χ3v) is 2.43. The third kappa shape index (κ3) is 2.82. The van der Waals surface area contributed by atoms with Gasteiger partial charge in [-0.05, 0) is 6.07 Å². The molecule has 1 amide bonds. The minimum Gasteiger partial charge on any atom is -0.350 e. The third-order valence-electron chi connectivity index (χ3n) is 2.43. The molecule has 0 aliphatic carbocycles. The number of rotatable bonds is 4. The van der Waals surface area contributed by atoms with Crippen LogP contribution < -0.4 is 10.9 Å². The van der Waals surface area contributed by atoms with E-state index in [2.05, 4.69) is 20.4 Å². The van der Waals surface area contributed by atoms with Gasteiger partial charge in [0.15, 0.2) is 0 Å². The SMILES string of the molecule is Cn1nc(C(=O)NCCc2cnc[nH]2)ccc1=O. The topological polar surface area (TPSA) is 92.7 Å². The lowest BCUT2D eigenvalue weighted by Crippen LogP contribution is -2.29. The van der Waals surface area contributed by atoms with Crippen molar-refractivity contribution >= 4 is 5.91 Å². The highest BCUT2D eigenvalue weighted by Crippen LogP contribution is 1.93. The highest BCUT2D eigenvalue weighted by Gasteiger charge is 2.07. The van der Waals surface area contributed by atoms with Gasteiger partial charge in [0.05, 0.1) is 6.33 Å². The number of carbonyl (C=O) groups excluding carboxylic acids is 1. The second-order valence-electron chi connectivity index (χ2n) is 3.76. The fourth-order valence-corrected chi connectivity index (χ4v) is 1.45. The van der Waals surface area contributed by atoms with Crippen LogP contribution in [0.15, 0.2) is 29.5 Å². The maximum atomic E-state index is 11.7. The molecule has 2 N–H and O–H groups in total. The minimum absolute atomic E-state index is 0.224. The van der Waals surface area contributed by atoms with Crippen LogP contribution in [0.1, 0.15) is 16.2 Å². The van der Waals surface area contributed by atoms with E-state index in [-0.39, 0.29) is 17.2 Å². The Morgan fingerprint density at radius 3 is 3.00 bits per heavy atom. The van der Waals surface area contributed by atoms with E-state index >= 15 is 0 Å². The molecule has 0 saturated heterocycles. The standard InChI is InChI=1S/C11H13N5O2/c1-16-10(17)3-2-9(15-16)11(18)13-5-4-8-6-12-7-14-8/h2-3,6-7H,4-5H2,1H3,(H,12,14)(H,13,18). The van der Waals surface area contributed by atoms with Crippen molar-refractivity contribution in [3.63, 3.8) is 0 Å². The van der Waals surface area contributed by atoms with Crippen LogP contribution >= 0.6 is 0 Å². The molecule has 0 aromatic carbocycles. The molecule has 0 aliphatic heterocycles. The van der Waals surface area contributed by atoms with Crippen LogP contribution in [0.4, 0.5) is 0 Å². The summed E-state index contributed by atoms with van der Waals surface area (Å²) in [5, 5.41) is 6.58. The normalized spacial score (nSPS) is 10.3. The van der Waals surface area contributed by atoms with E-state index in [1.807, 2.05) is 0 Å². The Balaban J connectivity index is 1.91. The summed E-state index contributed by atoms with van der Waals surface area (Å²) in [4.78, 5) is 29.7. The number of carbonyl (C=O) groups is 1. The molecular formula is C11H13N5O2. The van der Waals surface area contributed by atoms with Crippen LogP contribution in [0.5, 0.6) is 0 Å². The van der Waals surface area contributed by atoms with E-state index in [4.69, 9.17) is 0 Å². The van der Waals surface area contributed by atoms with Crippen LogP contribution in [-0.4, -0.2) is 32.2 Å². The summed E-state index contributed by atoms with van der Waals surface area (Å²) in [6.07, 6.45) is 3.96. The monoisotopic (exact) mass is 247 g/mol. The van der Waals surface area contributed by atoms with Gasteiger partial charge in [0.2, 0.25) is 0 Å². The molecule has 2 aromatic heterocycles. The van der Waals surface area contributed by atoms with E-state index in [0.29, 0.717) is 13.0 Å². The van der Waals surface area contributed by atoms with Crippen LogP contribution in [0.3, 0.4) is 0 Å². The molecule has 7 heteroatoms. The van der Waals surface area contributed by atoms with Crippen molar-refractivity contribution in [3.05, 3.63) is 46.4 Å². The van der Waals surface area contributed by atoms with Crippen molar-refractivity contribution in [1.82, 2.24) is 25.1 Å². The van der Waals surface area contributed by atoms with E-state index in [1.54, 1.807) is 12.5 Å². The Morgan fingerprint density at radius 2 is 2.33 bits per heavy atom. The van der Waals surface area contributed by atoms with E-state index < -0.39 is 0 Å². The predicted molar refractivity (Wildman–Crippen MR) is 64.1 cm³/mol. The lowest BCUT2D eigenvalue weighted by molar-refractivity contribution is 0.0947. The fraction of sp³-hybridized carbons (Fsp3) is 0.273. The predicted octanol–water partition coefficient (Wildman–Crippen LogP) is -0.524. The highest BCUT2D eigenvalue weighted by molar-refractivity contribution is 5.91. The Hall–Kier alpha value is -2.44. The number of nitrogens with zero attached hydrogens (tertiary/aromatic N) is 3. The number of aromatic nitrogens is 4. The summed E-state index contributed by atoms with van der Waals surface area (Å²) in [6, 6.07) is 2.73. The maximum absolute atomic E-state index is 11.7. The molecule has 0 radical (unpaired) electrons. The molecule has 0 atom stereocenters. The molecule has 0 aliphatic rings. The van der Waals surface area contributed by atoms with Crippen LogP contribution in [0.2, 0.25) is 0 Å². The largest absolute Gasteiger partial charge is 0.350 e. The molecule has 2 rings (SSSR count). The van der Waals surface area contributed by atoms with Crippen molar-refractivity contribution < 1.29 is 4.79 Å². The van der Waals surface area contributed by atoms with Crippen LogP contribution in [0.25, 0.3) is 0 Å². The van der Waals surface area contributed by atoms with Gasteiger partial charge in [0.25, 0.3) is 11.5 Å². The molecular weight excluding hydrogens is 234 g/mol. The smallest absolute Gasteiger partial charge is 0.271 e. The van der Waals surface area contributed by atoms with Gasteiger partial charge in [-0.2, -0.15) is 5.10 Å². The van der Waals surface area contributed by atoms with Crippen molar-refractivity contribution in [2.45, 2.75) is 6.42 Å². The molecule has 7 nitrogen and oxygen atoms in total. The lowest BCUT2D eigenvalue weighted by Gasteiger charge is -2.04. The van der Waals surface area contributed by atoms with Gasteiger partial charge in [-0.3, -0.25) is 9.59 Å². The van der Waals surface area contributed by atoms with Gasteiger partial charge in [-0.1, -0.05) is 0 Å². The zero-order valence-corrected chi connectivity index (χ0v) is 9.88. The van der Waals surface area contributed by atoms with Crippen molar-refractivity contribution in [2.24, 2.45) is 7.05 Å². The Kier molecular flexibility index (Phi) is 3.52. The number of amides is 1. The molecule has 94 valence electrons. The van der Waals surface area contributed by atoms with E-state index in [1.165, 1.54) is 19.2 Å². The number of H-pyrrole nitrogens is 1. The van der Waals surface area contributed by atoms with E-state index in [0.717, 1.165) is 10.4 Å². The second kappa shape index (κ2) is 5.26. The number of nitrogens with one attached hydrogen (secondary N) is 2. The minimum atomic E-state index is -0.301. The summed E-state index contributed by atoms with van der Waals surface area (Å²) in [5.74, 6) is -0.301. The summed E-state index contributed by atoms with van der Waals surface area (Å²) >= 11 is 0. The number of hydrogen-bond acceptors (Lipinski definition) is 4. The van der Waals surface area contributed by atoms with Gasteiger partial charge in [0, 0.05) is 38.0 Å². The zero-order chi connectivity index (χ0) is 13.0. The Bertz CT molecular complexity index is 588. The van der Waals surface area contributed by atoms with Gasteiger partial charge >= 0.3 is 0 Å². The molecule has 18 heavy (non-hydrogen) atoms. The molecule has 2 aromatic rings. The van der Waals surface area contributed by atoms with Crippen LogP contribution in [-0.2, 0) is 13.5 Å². The molecule has 0 spiro atoms.